The third kappa shape index (κ3) is 1.66. The summed E-state index contributed by atoms with van der Waals surface area (Å²) in [6.45, 7) is 0.742. The fraction of sp³-hybridized carbons (Fsp3) is 0.714. The highest BCUT2D eigenvalue weighted by molar-refractivity contribution is 5.74. The van der Waals surface area contributed by atoms with Gasteiger partial charge in [0.25, 0.3) is 0 Å². The lowest BCUT2D eigenvalue weighted by molar-refractivity contribution is -0.141. The number of ether oxygens (including phenoxy) is 1. The van der Waals surface area contributed by atoms with Crippen molar-refractivity contribution in [3.63, 3.8) is 0 Å². The van der Waals surface area contributed by atoms with Gasteiger partial charge in [-0.15, -0.1) is 0 Å². The maximum absolute atomic E-state index is 10.9. The molecule has 0 aliphatic carbocycles. The average molecular weight is 173 g/mol. The molecule has 0 bridgehead atoms. The van der Waals surface area contributed by atoms with Crippen molar-refractivity contribution in [1.29, 1.82) is 0 Å². The molecule has 1 fully saturated rings. The van der Waals surface area contributed by atoms with E-state index in [1.165, 1.54) is 12.0 Å². The van der Waals surface area contributed by atoms with E-state index in [0.29, 0.717) is 13.0 Å². The Morgan fingerprint density at radius 2 is 2.25 bits per heavy atom. The van der Waals surface area contributed by atoms with Gasteiger partial charge in [-0.25, -0.2) is 4.79 Å². The number of carbonyl (C=O) groups is 2. The number of aliphatic carboxylic acids is 1. The summed E-state index contributed by atoms with van der Waals surface area (Å²) in [7, 11) is 1.29. The van der Waals surface area contributed by atoms with E-state index in [1.54, 1.807) is 0 Å². The van der Waals surface area contributed by atoms with Crippen molar-refractivity contribution in [2.24, 2.45) is 5.92 Å². The van der Waals surface area contributed by atoms with Gasteiger partial charge in [-0.1, -0.05) is 0 Å². The molecular formula is C7H11NO4. The minimum atomic E-state index is -0.846. The second-order valence-electron chi connectivity index (χ2n) is 2.74. The number of carboxylic acid groups (broad SMARTS) is 1. The SMILES string of the molecule is COC(=O)N1CC[C@@H](C(=O)O)C1. The Labute approximate surface area is 69.9 Å². The largest absolute Gasteiger partial charge is 0.481 e. The molecule has 1 atom stereocenters. The Balaban J connectivity index is 2.45. The maximum Gasteiger partial charge on any atom is 0.409 e. The number of hydrogen-bond acceptors (Lipinski definition) is 3. The van der Waals surface area contributed by atoms with E-state index in [9.17, 15) is 9.59 Å². The summed E-state index contributed by atoms with van der Waals surface area (Å²) in [5.41, 5.74) is 0. The van der Waals surface area contributed by atoms with E-state index in [1.807, 2.05) is 0 Å². The van der Waals surface area contributed by atoms with Crippen LogP contribution in [0.25, 0.3) is 0 Å². The Hall–Kier alpha value is -1.26. The molecule has 1 saturated heterocycles. The fourth-order valence-corrected chi connectivity index (χ4v) is 1.26. The Bertz CT molecular complexity index is 204. The summed E-state index contributed by atoms with van der Waals surface area (Å²) < 4.78 is 4.46. The van der Waals surface area contributed by atoms with Gasteiger partial charge < -0.3 is 14.7 Å². The normalized spacial score (nSPS) is 22.4. The molecule has 0 unspecified atom stereocenters. The van der Waals surface area contributed by atoms with Crippen LogP contribution < -0.4 is 0 Å². The van der Waals surface area contributed by atoms with Crippen LogP contribution >= 0.6 is 0 Å². The number of amides is 1. The van der Waals surface area contributed by atoms with E-state index in [-0.39, 0.29) is 6.54 Å². The van der Waals surface area contributed by atoms with Crippen molar-refractivity contribution in [2.75, 3.05) is 20.2 Å². The van der Waals surface area contributed by atoms with Crippen molar-refractivity contribution in [1.82, 2.24) is 4.90 Å². The number of rotatable bonds is 1. The number of methoxy groups -OCH3 is 1. The minimum absolute atomic E-state index is 0.266. The molecule has 0 aromatic rings. The third-order valence-corrected chi connectivity index (χ3v) is 1.97. The molecule has 1 aliphatic heterocycles. The molecule has 0 spiro atoms. The lowest BCUT2D eigenvalue weighted by atomic mass is 10.1. The van der Waals surface area contributed by atoms with Crippen LogP contribution in [0, 0.1) is 5.92 Å². The van der Waals surface area contributed by atoms with E-state index in [4.69, 9.17) is 5.11 Å². The molecule has 1 aliphatic rings. The fourth-order valence-electron chi connectivity index (χ4n) is 1.26. The summed E-state index contributed by atoms with van der Waals surface area (Å²) in [4.78, 5) is 22.8. The second-order valence-corrected chi connectivity index (χ2v) is 2.74. The highest BCUT2D eigenvalue weighted by Crippen LogP contribution is 2.16. The number of nitrogens with zero attached hydrogens (tertiary/aromatic N) is 1. The van der Waals surface area contributed by atoms with Gasteiger partial charge in [0.1, 0.15) is 0 Å². The number of carbonyl (C=O) groups excluding carboxylic acids is 1. The zero-order chi connectivity index (χ0) is 9.14. The van der Waals surface area contributed by atoms with Crippen LogP contribution in [0.4, 0.5) is 4.79 Å². The Morgan fingerprint density at radius 1 is 1.58 bits per heavy atom. The highest BCUT2D eigenvalue weighted by Gasteiger charge is 2.31. The predicted octanol–water partition coefficient (Wildman–Crippen LogP) is 0.159. The van der Waals surface area contributed by atoms with Crippen LogP contribution in [0.15, 0.2) is 0 Å². The maximum atomic E-state index is 10.9. The van der Waals surface area contributed by atoms with Gasteiger partial charge in [0.2, 0.25) is 0 Å². The molecule has 5 nitrogen and oxygen atoms in total. The van der Waals surface area contributed by atoms with Gasteiger partial charge in [-0.3, -0.25) is 4.79 Å². The number of hydrogen-bond donors (Lipinski definition) is 1. The standard InChI is InChI=1S/C7H11NO4/c1-12-7(11)8-3-2-5(4-8)6(9)10/h5H,2-4H2,1H3,(H,9,10)/t5-/m1/s1. The monoisotopic (exact) mass is 173 g/mol. The van der Waals surface area contributed by atoms with Gasteiger partial charge >= 0.3 is 12.1 Å². The van der Waals surface area contributed by atoms with Crippen molar-refractivity contribution < 1.29 is 19.4 Å². The molecule has 0 radical (unpaired) electrons. The van der Waals surface area contributed by atoms with Gasteiger partial charge in [0.15, 0.2) is 0 Å². The van der Waals surface area contributed by atoms with E-state index >= 15 is 0 Å². The molecule has 0 aromatic carbocycles. The molecule has 12 heavy (non-hydrogen) atoms. The lowest BCUT2D eigenvalue weighted by Gasteiger charge is -2.12. The zero-order valence-corrected chi connectivity index (χ0v) is 6.82. The van der Waals surface area contributed by atoms with Crippen molar-refractivity contribution >= 4 is 12.1 Å². The van der Waals surface area contributed by atoms with Crippen LogP contribution in [0.2, 0.25) is 0 Å². The molecule has 1 rings (SSSR count). The summed E-state index contributed by atoms with van der Waals surface area (Å²) in [5, 5.41) is 8.61. The van der Waals surface area contributed by atoms with Crippen LogP contribution in [0.3, 0.4) is 0 Å². The van der Waals surface area contributed by atoms with Gasteiger partial charge in [0, 0.05) is 13.1 Å². The van der Waals surface area contributed by atoms with Gasteiger partial charge in [-0.2, -0.15) is 0 Å². The minimum Gasteiger partial charge on any atom is -0.481 e. The summed E-state index contributed by atoms with van der Waals surface area (Å²) >= 11 is 0. The molecule has 5 heteroatoms. The first kappa shape index (κ1) is 8.83. The smallest absolute Gasteiger partial charge is 0.409 e. The van der Waals surface area contributed by atoms with Crippen LogP contribution in [0.5, 0.6) is 0 Å². The number of carboxylic acids is 1. The summed E-state index contributed by atoms with van der Waals surface area (Å²) in [6.07, 6.45) is 0.0727. The first-order valence-electron chi connectivity index (χ1n) is 3.71. The second kappa shape index (κ2) is 3.42. The molecule has 1 amide bonds. The average Bonchev–Trinajstić information content (AvgIpc) is 2.51. The summed E-state index contributed by atoms with van der Waals surface area (Å²) in [5.74, 6) is -1.27. The van der Waals surface area contributed by atoms with Gasteiger partial charge in [0.05, 0.1) is 13.0 Å². The lowest BCUT2D eigenvalue weighted by Crippen LogP contribution is -2.29. The molecule has 1 heterocycles. The summed E-state index contributed by atoms with van der Waals surface area (Å²) in [6, 6.07) is 0. The number of likely N-dealkylation sites (tertiary alicyclic amines) is 1. The quantitative estimate of drug-likeness (QED) is 0.613. The van der Waals surface area contributed by atoms with Crippen molar-refractivity contribution in [3.05, 3.63) is 0 Å². The molecular weight excluding hydrogens is 162 g/mol. The van der Waals surface area contributed by atoms with E-state index < -0.39 is 18.0 Å². The third-order valence-electron chi connectivity index (χ3n) is 1.97. The molecule has 0 saturated carbocycles. The van der Waals surface area contributed by atoms with Crippen LogP contribution in [-0.4, -0.2) is 42.3 Å². The molecule has 68 valence electrons. The van der Waals surface area contributed by atoms with Crippen molar-refractivity contribution in [3.8, 4) is 0 Å². The first-order valence-corrected chi connectivity index (χ1v) is 3.71. The van der Waals surface area contributed by atoms with Crippen LogP contribution in [-0.2, 0) is 9.53 Å². The van der Waals surface area contributed by atoms with E-state index in [2.05, 4.69) is 4.74 Å². The molecule has 0 aromatic heterocycles. The zero-order valence-electron chi connectivity index (χ0n) is 6.82. The van der Waals surface area contributed by atoms with Crippen LogP contribution in [0.1, 0.15) is 6.42 Å². The first-order chi connectivity index (χ1) is 5.65. The highest BCUT2D eigenvalue weighted by atomic mass is 16.5. The predicted molar refractivity (Wildman–Crippen MR) is 39.7 cm³/mol. The Kier molecular flexibility index (Phi) is 2.52. The molecule has 1 N–H and O–H groups in total. The topological polar surface area (TPSA) is 66.8 Å². The Morgan fingerprint density at radius 3 is 2.67 bits per heavy atom. The van der Waals surface area contributed by atoms with E-state index in [0.717, 1.165) is 0 Å². The van der Waals surface area contributed by atoms with Gasteiger partial charge in [-0.05, 0) is 6.42 Å². The van der Waals surface area contributed by atoms with Crippen molar-refractivity contribution in [2.45, 2.75) is 6.42 Å².